The van der Waals surface area contributed by atoms with Gasteiger partial charge in [0, 0.05) is 12.6 Å². The summed E-state index contributed by atoms with van der Waals surface area (Å²) in [5.74, 6) is -1.36. The lowest BCUT2D eigenvalue weighted by Gasteiger charge is -2.27. The second kappa shape index (κ2) is 9.37. The summed E-state index contributed by atoms with van der Waals surface area (Å²) in [6.45, 7) is 2.03. The van der Waals surface area contributed by atoms with Crippen molar-refractivity contribution in [2.75, 3.05) is 6.61 Å². The average molecular weight is 470 g/mol. The van der Waals surface area contributed by atoms with Gasteiger partial charge in [0.1, 0.15) is 11.0 Å². The van der Waals surface area contributed by atoms with Crippen molar-refractivity contribution in [2.45, 2.75) is 53.3 Å². The molecule has 0 saturated carbocycles. The second-order valence-electron chi connectivity index (χ2n) is 7.18. The fourth-order valence-electron chi connectivity index (χ4n) is 2.76. The third-order valence-electron chi connectivity index (χ3n) is 4.41. The van der Waals surface area contributed by atoms with E-state index in [2.05, 4.69) is 14.7 Å². The van der Waals surface area contributed by atoms with Gasteiger partial charge >= 0.3 is 18.8 Å². The third-order valence-corrected chi connectivity index (χ3v) is 4.75. The molecule has 0 saturated heterocycles. The number of alkyl halides is 5. The number of imidazole rings is 1. The number of carbonyl (C=O) groups is 1. The first kappa shape index (κ1) is 24.8. The molecule has 0 amide bonds. The molecule has 0 atom stereocenters. The van der Waals surface area contributed by atoms with Crippen molar-refractivity contribution in [3.63, 3.8) is 0 Å². The molecule has 0 aliphatic rings. The molecule has 31 heavy (non-hydrogen) atoms. The molecule has 0 fully saturated rings. The topological polar surface area (TPSA) is 66.2 Å². The predicted molar refractivity (Wildman–Crippen MR) is 102 cm³/mol. The minimum Gasteiger partial charge on any atom is -0.461 e. The molecular weight excluding hydrogens is 449 g/mol. The van der Waals surface area contributed by atoms with Gasteiger partial charge < -0.3 is 9.47 Å². The van der Waals surface area contributed by atoms with Crippen molar-refractivity contribution in [2.24, 2.45) is 5.41 Å². The molecule has 2 rings (SSSR count). The van der Waals surface area contributed by atoms with Crippen molar-refractivity contribution >= 4 is 17.6 Å². The first-order valence-corrected chi connectivity index (χ1v) is 9.65. The molecule has 0 N–H and O–H groups in total. The zero-order valence-corrected chi connectivity index (χ0v) is 17.9. The maximum atomic E-state index is 13.2. The molecule has 172 valence electrons. The van der Waals surface area contributed by atoms with Gasteiger partial charge in [-0.1, -0.05) is 32.4 Å². The lowest BCUT2D eigenvalue weighted by molar-refractivity contribution is -0.211. The van der Waals surface area contributed by atoms with Gasteiger partial charge in [0.2, 0.25) is 0 Å². The van der Waals surface area contributed by atoms with Crippen LogP contribution in [0.15, 0.2) is 12.3 Å². The van der Waals surface area contributed by atoms with Crippen LogP contribution in [0.5, 0.6) is 5.75 Å². The van der Waals surface area contributed by atoms with E-state index in [1.807, 2.05) is 0 Å². The van der Waals surface area contributed by atoms with Gasteiger partial charge in [0.15, 0.2) is 17.3 Å². The van der Waals surface area contributed by atoms with E-state index in [0.29, 0.717) is 0 Å². The van der Waals surface area contributed by atoms with E-state index >= 15 is 0 Å². The maximum Gasteiger partial charge on any atom is 0.394 e. The van der Waals surface area contributed by atoms with E-state index in [9.17, 15) is 26.7 Å². The first-order valence-electron chi connectivity index (χ1n) is 9.27. The van der Waals surface area contributed by atoms with E-state index in [1.165, 1.54) is 0 Å². The standard InChI is InChI=1S/C19H21ClF5N3O3/c1-5-12-27-13(16(29)30-6-2)14(20)28(12)15-11(31-17(21)22)7-10(9-26-15)8-18(3,4)19(23,24)25/h7,9,17H,5-6,8H2,1-4H3. The molecule has 6 nitrogen and oxygen atoms in total. The van der Waals surface area contributed by atoms with Crippen molar-refractivity contribution < 1.29 is 36.2 Å². The number of aryl methyl sites for hydroxylation is 1. The highest BCUT2D eigenvalue weighted by Gasteiger charge is 2.47. The molecule has 0 aliphatic carbocycles. The summed E-state index contributed by atoms with van der Waals surface area (Å²) < 4.78 is 76.2. The van der Waals surface area contributed by atoms with Gasteiger partial charge in [-0.15, -0.1) is 0 Å². The minimum absolute atomic E-state index is 0.0293. The zero-order valence-electron chi connectivity index (χ0n) is 17.2. The van der Waals surface area contributed by atoms with E-state index < -0.39 is 36.3 Å². The average Bonchev–Trinajstić information content (AvgIpc) is 2.97. The molecular formula is C19H21ClF5N3O3. The van der Waals surface area contributed by atoms with Crippen molar-refractivity contribution in [3.05, 3.63) is 34.5 Å². The molecule has 0 aliphatic heterocycles. The smallest absolute Gasteiger partial charge is 0.394 e. The zero-order chi connectivity index (χ0) is 23.6. The number of halogens is 6. The van der Waals surface area contributed by atoms with Crippen LogP contribution in [-0.4, -0.2) is 39.9 Å². The predicted octanol–water partition coefficient (Wildman–Crippen LogP) is 5.39. The van der Waals surface area contributed by atoms with Crippen LogP contribution >= 0.6 is 11.6 Å². The molecule has 0 unspecified atom stereocenters. The quantitative estimate of drug-likeness (QED) is 0.383. The van der Waals surface area contributed by atoms with Crippen LogP contribution in [0, 0.1) is 5.41 Å². The minimum atomic E-state index is -4.52. The number of nitrogens with zero attached hydrogens (tertiary/aromatic N) is 3. The van der Waals surface area contributed by atoms with Crippen LogP contribution in [0.2, 0.25) is 5.15 Å². The number of ether oxygens (including phenoxy) is 2. The third kappa shape index (κ3) is 5.44. The molecule has 2 heterocycles. The SMILES string of the molecule is CCOC(=O)c1nc(CC)n(-c2ncc(CC(C)(C)C(F)(F)F)cc2OC(F)F)c1Cl. The molecule has 2 aromatic heterocycles. The summed E-state index contributed by atoms with van der Waals surface area (Å²) in [5, 5.41) is -0.245. The van der Waals surface area contributed by atoms with Crippen molar-refractivity contribution in [1.82, 2.24) is 14.5 Å². The number of esters is 1. The van der Waals surface area contributed by atoms with Crippen LogP contribution in [0.3, 0.4) is 0 Å². The summed E-state index contributed by atoms with van der Waals surface area (Å²) >= 11 is 6.26. The van der Waals surface area contributed by atoms with Crippen LogP contribution in [-0.2, 0) is 17.6 Å². The Kier molecular flexibility index (Phi) is 7.51. The first-order chi connectivity index (χ1) is 14.3. The highest BCUT2D eigenvalue weighted by atomic mass is 35.5. The molecule has 0 radical (unpaired) electrons. The van der Waals surface area contributed by atoms with Gasteiger partial charge in [-0.2, -0.15) is 22.0 Å². The molecule has 2 aromatic rings. The van der Waals surface area contributed by atoms with Crippen molar-refractivity contribution in [3.8, 4) is 11.6 Å². The Morgan fingerprint density at radius 1 is 1.26 bits per heavy atom. The summed E-state index contributed by atoms with van der Waals surface area (Å²) in [6.07, 6.45) is -3.69. The van der Waals surface area contributed by atoms with E-state index in [-0.39, 0.29) is 41.1 Å². The Labute approximate surface area is 180 Å². The van der Waals surface area contributed by atoms with Gasteiger partial charge in [-0.25, -0.2) is 14.8 Å². The van der Waals surface area contributed by atoms with Gasteiger partial charge in [-0.05, 0) is 25.0 Å². The largest absolute Gasteiger partial charge is 0.461 e. The lowest BCUT2D eigenvalue weighted by atomic mass is 9.85. The summed E-state index contributed by atoms with van der Waals surface area (Å²) in [7, 11) is 0. The molecule has 12 heteroatoms. The van der Waals surface area contributed by atoms with Gasteiger partial charge in [0.25, 0.3) is 0 Å². The Morgan fingerprint density at radius 3 is 2.42 bits per heavy atom. The Morgan fingerprint density at radius 2 is 1.90 bits per heavy atom. The highest BCUT2D eigenvalue weighted by Crippen LogP contribution is 2.41. The van der Waals surface area contributed by atoms with Crippen LogP contribution in [0.1, 0.15) is 49.6 Å². The molecule has 0 bridgehead atoms. The molecule has 0 aromatic carbocycles. The number of hydrogen-bond donors (Lipinski definition) is 0. The van der Waals surface area contributed by atoms with Gasteiger partial charge in [-0.3, -0.25) is 4.57 Å². The molecule has 0 spiro atoms. The Hall–Kier alpha value is -2.43. The van der Waals surface area contributed by atoms with Crippen LogP contribution in [0.4, 0.5) is 22.0 Å². The number of carbonyl (C=O) groups excluding carboxylic acids is 1. The summed E-state index contributed by atoms with van der Waals surface area (Å²) in [5.41, 5.74) is -2.34. The van der Waals surface area contributed by atoms with E-state index in [0.717, 1.165) is 30.7 Å². The second-order valence-corrected chi connectivity index (χ2v) is 7.54. The fraction of sp³-hybridized carbons (Fsp3) is 0.526. The van der Waals surface area contributed by atoms with Gasteiger partial charge in [0.05, 0.1) is 12.0 Å². The van der Waals surface area contributed by atoms with Crippen molar-refractivity contribution in [1.29, 1.82) is 0 Å². The highest BCUT2D eigenvalue weighted by molar-refractivity contribution is 6.32. The number of rotatable bonds is 8. The number of pyridine rings is 1. The number of hydrogen-bond acceptors (Lipinski definition) is 5. The van der Waals surface area contributed by atoms with E-state index in [4.69, 9.17) is 16.3 Å². The summed E-state index contributed by atoms with van der Waals surface area (Å²) in [4.78, 5) is 20.2. The maximum absolute atomic E-state index is 13.2. The van der Waals surface area contributed by atoms with Crippen LogP contribution < -0.4 is 4.74 Å². The monoisotopic (exact) mass is 469 g/mol. The normalized spacial score (nSPS) is 12.4. The Bertz CT molecular complexity index is 945. The lowest BCUT2D eigenvalue weighted by Crippen LogP contribution is -2.34. The van der Waals surface area contributed by atoms with E-state index in [1.54, 1.807) is 13.8 Å². The fourth-order valence-corrected chi connectivity index (χ4v) is 3.06. The number of aromatic nitrogens is 3. The Balaban J connectivity index is 2.60. The van der Waals surface area contributed by atoms with Crippen LogP contribution in [0.25, 0.3) is 5.82 Å². The summed E-state index contributed by atoms with van der Waals surface area (Å²) in [6, 6.07) is 1.04.